The molecule has 2 aromatic heterocycles. The number of furan rings is 1. The van der Waals surface area contributed by atoms with Gasteiger partial charge in [0.25, 0.3) is 0 Å². The molecule has 3 aromatic rings. The topological polar surface area (TPSA) is 60.5 Å². The van der Waals surface area contributed by atoms with Crippen LogP contribution in [-0.4, -0.2) is 27.2 Å². The number of nitrogens with zero attached hydrogens (tertiary/aromatic N) is 3. The summed E-state index contributed by atoms with van der Waals surface area (Å²) in [5.41, 5.74) is 4.62. The molecule has 2 heterocycles. The summed E-state index contributed by atoms with van der Waals surface area (Å²) in [7, 11) is 1.98. The van der Waals surface area contributed by atoms with Crippen LogP contribution in [0.15, 0.2) is 53.1 Å². The van der Waals surface area contributed by atoms with Crippen LogP contribution < -0.4 is 0 Å². The molecule has 4 rings (SSSR count). The first-order valence-corrected chi connectivity index (χ1v) is 9.66. The van der Waals surface area contributed by atoms with Crippen LogP contribution in [0.2, 0.25) is 0 Å². The number of aryl methyl sites for hydroxylation is 1. The Bertz CT molecular complexity index is 916. The maximum atomic E-state index is 12.9. The maximum absolute atomic E-state index is 12.9. The zero-order chi connectivity index (χ0) is 19.3. The van der Waals surface area contributed by atoms with Crippen LogP contribution in [0.1, 0.15) is 34.7 Å². The molecule has 1 aromatic carbocycles. The normalized spacial score (nSPS) is 12.9. The van der Waals surface area contributed by atoms with E-state index in [2.05, 4.69) is 5.10 Å². The van der Waals surface area contributed by atoms with Crippen molar-refractivity contribution in [1.82, 2.24) is 14.7 Å². The molecule has 28 heavy (non-hydrogen) atoms. The molecule has 0 radical (unpaired) electrons. The zero-order valence-electron chi connectivity index (χ0n) is 16.1. The summed E-state index contributed by atoms with van der Waals surface area (Å²) in [4.78, 5) is 14.7. The van der Waals surface area contributed by atoms with Gasteiger partial charge in [-0.1, -0.05) is 30.3 Å². The van der Waals surface area contributed by atoms with Crippen molar-refractivity contribution in [3.63, 3.8) is 0 Å². The van der Waals surface area contributed by atoms with Crippen LogP contribution in [0.4, 0.5) is 0 Å². The molecular weight excluding hydrogens is 354 g/mol. The minimum absolute atomic E-state index is 0.0324. The fourth-order valence-corrected chi connectivity index (χ4v) is 3.75. The van der Waals surface area contributed by atoms with Crippen molar-refractivity contribution in [3.05, 3.63) is 77.0 Å². The van der Waals surface area contributed by atoms with Crippen LogP contribution in [0.5, 0.6) is 0 Å². The second-order valence-electron chi connectivity index (χ2n) is 7.16. The van der Waals surface area contributed by atoms with Crippen LogP contribution in [0.25, 0.3) is 0 Å². The van der Waals surface area contributed by atoms with E-state index in [-0.39, 0.29) is 12.5 Å². The van der Waals surface area contributed by atoms with E-state index < -0.39 is 0 Å². The molecule has 1 aliphatic rings. The summed E-state index contributed by atoms with van der Waals surface area (Å²) in [6.45, 7) is 1.33. The molecule has 0 unspecified atom stereocenters. The van der Waals surface area contributed by atoms with Crippen molar-refractivity contribution in [3.8, 4) is 0 Å². The number of hydrogen-bond donors (Lipinski definition) is 0. The summed E-state index contributed by atoms with van der Waals surface area (Å²) < 4.78 is 13.1. The highest BCUT2D eigenvalue weighted by Gasteiger charge is 2.24. The van der Waals surface area contributed by atoms with Crippen molar-refractivity contribution in [2.75, 3.05) is 6.61 Å². The maximum Gasteiger partial charge on any atom is 0.249 e. The number of amides is 1. The Hall–Kier alpha value is -2.86. The van der Waals surface area contributed by atoms with E-state index in [0.29, 0.717) is 19.7 Å². The number of carbonyl (C=O) groups excluding carboxylic acids is 1. The number of rotatable bonds is 8. The van der Waals surface area contributed by atoms with E-state index in [1.54, 1.807) is 11.2 Å². The molecule has 6 nitrogen and oxygen atoms in total. The van der Waals surface area contributed by atoms with E-state index in [4.69, 9.17) is 9.15 Å². The third-order valence-corrected chi connectivity index (χ3v) is 5.16. The predicted octanol–water partition coefficient (Wildman–Crippen LogP) is 3.25. The van der Waals surface area contributed by atoms with Crippen molar-refractivity contribution in [1.29, 1.82) is 0 Å². The van der Waals surface area contributed by atoms with Crippen LogP contribution in [0.3, 0.4) is 0 Å². The van der Waals surface area contributed by atoms with Gasteiger partial charge in [0.1, 0.15) is 12.4 Å². The van der Waals surface area contributed by atoms with Crippen LogP contribution in [-0.2, 0) is 49.1 Å². The molecule has 0 atom stereocenters. The number of fused-ring (bicyclic) bond motifs is 1. The van der Waals surface area contributed by atoms with Crippen molar-refractivity contribution in [2.45, 2.75) is 39.0 Å². The summed E-state index contributed by atoms with van der Waals surface area (Å²) in [5.74, 6) is 0.689. The van der Waals surface area contributed by atoms with E-state index >= 15 is 0 Å². The largest absolute Gasteiger partial charge is 0.467 e. The molecule has 0 saturated carbocycles. The number of carbonyl (C=O) groups is 1. The quantitative estimate of drug-likeness (QED) is 0.603. The molecule has 0 N–H and O–H groups in total. The molecule has 0 spiro atoms. The number of benzene rings is 1. The summed E-state index contributed by atoms with van der Waals surface area (Å²) in [6, 6.07) is 13.6. The summed E-state index contributed by atoms with van der Waals surface area (Å²) in [5, 5.41) is 4.66. The van der Waals surface area contributed by atoms with Gasteiger partial charge in [-0.25, -0.2) is 0 Å². The molecule has 6 heteroatoms. The third-order valence-electron chi connectivity index (χ3n) is 5.16. The van der Waals surface area contributed by atoms with Gasteiger partial charge < -0.3 is 14.1 Å². The van der Waals surface area contributed by atoms with Gasteiger partial charge in [0.05, 0.1) is 31.7 Å². The summed E-state index contributed by atoms with van der Waals surface area (Å²) >= 11 is 0. The highest BCUT2D eigenvalue weighted by molar-refractivity contribution is 5.77. The van der Waals surface area contributed by atoms with E-state index in [9.17, 15) is 4.79 Å². The van der Waals surface area contributed by atoms with Gasteiger partial charge >= 0.3 is 0 Å². The zero-order valence-corrected chi connectivity index (χ0v) is 16.1. The van der Waals surface area contributed by atoms with Crippen molar-refractivity contribution < 1.29 is 13.9 Å². The monoisotopic (exact) mass is 379 g/mol. The Labute approximate surface area is 164 Å². The minimum atomic E-state index is -0.0651. The van der Waals surface area contributed by atoms with Gasteiger partial charge in [0.2, 0.25) is 5.91 Å². The first-order chi connectivity index (χ1) is 13.7. The first-order valence-electron chi connectivity index (χ1n) is 9.66. The lowest BCUT2D eigenvalue weighted by molar-refractivity contribution is -0.138. The standard InChI is InChI=1S/C22H25N3O3/c1-24-21-11-5-10-19(21)20(23-24)14-25(13-18-9-6-12-28-18)22(26)16-27-15-17-7-3-2-4-8-17/h2-4,6-9,12H,5,10-11,13-16H2,1H3. The van der Waals surface area contributed by atoms with Gasteiger partial charge in [-0.15, -0.1) is 0 Å². The number of aromatic nitrogens is 2. The molecular formula is C22H25N3O3. The molecule has 1 aliphatic carbocycles. The Morgan fingerprint density at radius 2 is 2.04 bits per heavy atom. The SMILES string of the molecule is Cn1nc(CN(Cc2ccco2)C(=O)COCc2ccccc2)c2c1CCC2. The fourth-order valence-electron chi connectivity index (χ4n) is 3.75. The van der Waals surface area contributed by atoms with Crippen molar-refractivity contribution in [2.24, 2.45) is 7.05 Å². The van der Waals surface area contributed by atoms with Gasteiger partial charge in [0.15, 0.2) is 0 Å². The van der Waals surface area contributed by atoms with E-state index in [1.807, 2.05) is 54.2 Å². The Kier molecular flexibility index (Phi) is 5.58. The predicted molar refractivity (Wildman–Crippen MR) is 104 cm³/mol. The lowest BCUT2D eigenvalue weighted by atomic mass is 10.2. The molecule has 0 bridgehead atoms. The van der Waals surface area contributed by atoms with Gasteiger partial charge in [-0.3, -0.25) is 9.48 Å². The average molecular weight is 379 g/mol. The average Bonchev–Trinajstić information content (AvgIpc) is 3.43. The Balaban J connectivity index is 1.44. The highest BCUT2D eigenvalue weighted by atomic mass is 16.5. The minimum Gasteiger partial charge on any atom is -0.467 e. The van der Waals surface area contributed by atoms with Crippen molar-refractivity contribution >= 4 is 5.91 Å². The second kappa shape index (κ2) is 8.44. The van der Waals surface area contributed by atoms with Gasteiger partial charge in [0, 0.05) is 12.7 Å². The molecule has 0 saturated heterocycles. The highest BCUT2D eigenvalue weighted by Crippen LogP contribution is 2.26. The lowest BCUT2D eigenvalue weighted by Crippen LogP contribution is -2.33. The smallest absolute Gasteiger partial charge is 0.249 e. The van der Waals surface area contributed by atoms with E-state index in [1.165, 1.54) is 11.3 Å². The summed E-state index contributed by atoms with van der Waals surface area (Å²) in [6.07, 6.45) is 4.87. The van der Waals surface area contributed by atoms with Crippen LogP contribution >= 0.6 is 0 Å². The lowest BCUT2D eigenvalue weighted by Gasteiger charge is -2.21. The van der Waals surface area contributed by atoms with Crippen LogP contribution in [0, 0.1) is 0 Å². The number of ether oxygens (including phenoxy) is 1. The molecule has 0 aliphatic heterocycles. The fraction of sp³-hybridized carbons (Fsp3) is 0.364. The van der Waals surface area contributed by atoms with Gasteiger partial charge in [-0.05, 0) is 42.5 Å². The second-order valence-corrected chi connectivity index (χ2v) is 7.16. The van der Waals surface area contributed by atoms with E-state index in [0.717, 1.165) is 36.3 Å². The molecule has 146 valence electrons. The third kappa shape index (κ3) is 4.17. The Morgan fingerprint density at radius 3 is 2.82 bits per heavy atom. The van der Waals surface area contributed by atoms with Gasteiger partial charge in [-0.2, -0.15) is 5.10 Å². The number of hydrogen-bond acceptors (Lipinski definition) is 4. The Morgan fingerprint density at radius 1 is 1.18 bits per heavy atom. The first kappa shape index (κ1) is 18.5. The molecule has 1 amide bonds. The molecule has 0 fully saturated rings.